The number of rotatable bonds is 5. The maximum Gasteiger partial charge on any atom is 0.256 e. The fourth-order valence-electron chi connectivity index (χ4n) is 4.79. The summed E-state index contributed by atoms with van der Waals surface area (Å²) in [5.41, 5.74) is 12.1. The van der Waals surface area contributed by atoms with Gasteiger partial charge < -0.3 is 15.7 Å². The molecule has 0 bridgehead atoms. The number of benzene rings is 3. The van der Waals surface area contributed by atoms with Crippen molar-refractivity contribution in [1.29, 1.82) is 0 Å². The molecule has 3 aromatic carbocycles. The average molecular weight is 434 g/mol. The van der Waals surface area contributed by atoms with Crippen LogP contribution < -0.4 is 11.3 Å². The van der Waals surface area contributed by atoms with Gasteiger partial charge in [-0.05, 0) is 88.0 Å². The number of nitrogens with one attached hydrogen (secondary N) is 3. The number of nitrogens with two attached hydrogens (primary N) is 1. The van der Waals surface area contributed by atoms with Gasteiger partial charge in [0.2, 0.25) is 0 Å². The summed E-state index contributed by atoms with van der Waals surface area (Å²) in [6.45, 7) is 0.624. The zero-order valence-corrected chi connectivity index (χ0v) is 18.0. The second-order valence-corrected chi connectivity index (χ2v) is 8.41. The highest BCUT2D eigenvalue weighted by Crippen LogP contribution is 2.36. The lowest BCUT2D eigenvalue weighted by atomic mass is 9.90. The zero-order chi connectivity index (χ0) is 22.4. The number of hydrogen-bond acceptors (Lipinski definition) is 3. The third kappa shape index (κ3) is 3.23. The van der Waals surface area contributed by atoms with Gasteiger partial charge in [-0.3, -0.25) is 9.89 Å². The van der Waals surface area contributed by atoms with Crippen molar-refractivity contribution in [2.24, 2.45) is 5.73 Å². The van der Waals surface area contributed by atoms with Crippen molar-refractivity contribution in [2.45, 2.75) is 12.8 Å². The molecule has 0 amide bonds. The Morgan fingerprint density at radius 3 is 2.61 bits per heavy atom. The molecule has 0 aliphatic carbocycles. The maximum atomic E-state index is 13.2. The molecule has 6 rings (SSSR count). The number of H-pyrrole nitrogens is 3. The fourth-order valence-corrected chi connectivity index (χ4v) is 4.79. The number of pyridine rings is 1. The maximum absolute atomic E-state index is 13.2. The van der Waals surface area contributed by atoms with E-state index in [-0.39, 0.29) is 5.56 Å². The summed E-state index contributed by atoms with van der Waals surface area (Å²) in [4.78, 5) is 19.4. The van der Waals surface area contributed by atoms with Crippen LogP contribution in [-0.2, 0) is 6.42 Å². The first-order valence-corrected chi connectivity index (χ1v) is 11.1. The molecule has 6 nitrogen and oxygen atoms in total. The predicted molar refractivity (Wildman–Crippen MR) is 134 cm³/mol. The van der Waals surface area contributed by atoms with Gasteiger partial charge in [-0.2, -0.15) is 5.10 Å². The van der Waals surface area contributed by atoms with E-state index in [4.69, 9.17) is 5.73 Å². The fraction of sp³-hybridized carbons (Fsp3) is 0.111. The Morgan fingerprint density at radius 2 is 1.76 bits per heavy atom. The number of aryl methyl sites for hydroxylation is 1. The molecule has 0 fully saturated rings. The monoisotopic (exact) mass is 433 g/mol. The van der Waals surface area contributed by atoms with E-state index in [1.165, 1.54) is 5.56 Å². The van der Waals surface area contributed by atoms with E-state index in [0.717, 1.165) is 62.2 Å². The minimum atomic E-state index is -0.0869. The summed E-state index contributed by atoms with van der Waals surface area (Å²) in [6.07, 6.45) is 9.17. The highest BCUT2D eigenvalue weighted by molar-refractivity contribution is 6.14. The van der Waals surface area contributed by atoms with Crippen LogP contribution in [0, 0.1) is 0 Å². The summed E-state index contributed by atoms with van der Waals surface area (Å²) in [7, 11) is 0. The lowest BCUT2D eigenvalue weighted by molar-refractivity contribution is 0.838. The van der Waals surface area contributed by atoms with Crippen LogP contribution >= 0.6 is 0 Å². The van der Waals surface area contributed by atoms with Gasteiger partial charge in [0.25, 0.3) is 5.56 Å². The van der Waals surface area contributed by atoms with Crippen molar-refractivity contribution in [3.63, 3.8) is 0 Å². The average Bonchev–Trinajstić information content (AvgIpc) is 3.54. The van der Waals surface area contributed by atoms with Crippen LogP contribution in [0.25, 0.3) is 54.7 Å². The third-order valence-electron chi connectivity index (χ3n) is 6.43. The first-order chi connectivity index (χ1) is 16.2. The molecular weight excluding hydrogens is 410 g/mol. The smallest absolute Gasteiger partial charge is 0.256 e. The first kappa shape index (κ1) is 19.5. The second kappa shape index (κ2) is 7.76. The standard InChI is InChI=1S/C27H23N5O/c28-8-1-2-17-12-23-24(18-4-6-25-19(10-18)7-9-29-25)15-30-27(33)26(23)22-11-16(3-5-21(17)22)20-13-31-32-14-20/h3-7,9-15,29H,1-2,8,28H2,(H,30,33)(H,31,32). The molecule has 0 unspecified atom stereocenters. The molecular formula is C27H23N5O. The van der Waals surface area contributed by atoms with Gasteiger partial charge in [0.1, 0.15) is 0 Å². The van der Waals surface area contributed by atoms with Gasteiger partial charge >= 0.3 is 0 Å². The van der Waals surface area contributed by atoms with E-state index in [0.29, 0.717) is 11.9 Å². The van der Waals surface area contributed by atoms with Crippen molar-refractivity contribution in [3.05, 3.63) is 89.2 Å². The molecule has 0 aliphatic rings. The Morgan fingerprint density at radius 1 is 0.848 bits per heavy atom. The van der Waals surface area contributed by atoms with Gasteiger partial charge in [0.05, 0.1) is 11.6 Å². The van der Waals surface area contributed by atoms with E-state index in [1.54, 1.807) is 6.20 Å². The molecule has 0 spiro atoms. The lowest BCUT2D eigenvalue weighted by Gasteiger charge is -2.14. The minimum absolute atomic E-state index is 0.0869. The van der Waals surface area contributed by atoms with Crippen molar-refractivity contribution in [2.75, 3.05) is 6.54 Å². The Labute approximate surface area is 189 Å². The number of aromatic amines is 3. The largest absolute Gasteiger partial charge is 0.361 e. The van der Waals surface area contributed by atoms with Crippen molar-refractivity contribution >= 4 is 32.4 Å². The molecule has 3 aromatic heterocycles. The van der Waals surface area contributed by atoms with Crippen molar-refractivity contribution in [1.82, 2.24) is 20.2 Å². The molecule has 5 N–H and O–H groups in total. The molecule has 162 valence electrons. The van der Waals surface area contributed by atoms with Crippen LogP contribution in [-0.4, -0.2) is 26.7 Å². The quantitative estimate of drug-likeness (QED) is 0.284. The van der Waals surface area contributed by atoms with Gasteiger partial charge in [0, 0.05) is 35.2 Å². The van der Waals surface area contributed by atoms with Crippen LogP contribution in [0.4, 0.5) is 0 Å². The topological polar surface area (TPSA) is 103 Å². The van der Waals surface area contributed by atoms with E-state index >= 15 is 0 Å². The molecule has 0 aliphatic heterocycles. The summed E-state index contributed by atoms with van der Waals surface area (Å²) in [6, 6.07) is 16.9. The zero-order valence-electron chi connectivity index (χ0n) is 18.0. The van der Waals surface area contributed by atoms with Crippen LogP contribution in [0.3, 0.4) is 0 Å². The molecule has 0 saturated carbocycles. The molecule has 33 heavy (non-hydrogen) atoms. The van der Waals surface area contributed by atoms with E-state index in [2.05, 4.69) is 68.7 Å². The third-order valence-corrected chi connectivity index (χ3v) is 6.43. The lowest BCUT2D eigenvalue weighted by Crippen LogP contribution is -2.08. The van der Waals surface area contributed by atoms with Crippen molar-refractivity contribution in [3.8, 4) is 22.3 Å². The molecule has 0 radical (unpaired) electrons. The van der Waals surface area contributed by atoms with Gasteiger partial charge in [-0.25, -0.2) is 0 Å². The molecule has 3 heterocycles. The Kier molecular flexibility index (Phi) is 4.59. The highest BCUT2D eigenvalue weighted by atomic mass is 16.1. The Hall–Kier alpha value is -4.16. The normalized spacial score (nSPS) is 11.7. The minimum Gasteiger partial charge on any atom is -0.361 e. The molecule has 0 saturated heterocycles. The van der Waals surface area contributed by atoms with Gasteiger partial charge in [-0.1, -0.05) is 18.2 Å². The predicted octanol–water partition coefficient (Wildman–Crippen LogP) is 5.11. The van der Waals surface area contributed by atoms with Gasteiger partial charge in [-0.15, -0.1) is 0 Å². The SMILES string of the molecule is NCCCc1cc2c(-c3ccc4[nH]ccc4c3)c[nH]c(=O)c2c2cc(-c3cn[nH]c3)ccc12. The molecule has 6 heteroatoms. The van der Waals surface area contributed by atoms with Crippen LogP contribution in [0.5, 0.6) is 0 Å². The van der Waals surface area contributed by atoms with Crippen molar-refractivity contribution < 1.29 is 0 Å². The first-order valence-electron chi connectivity index (χ1n) is 11.1. The summed E-state index contributed by atoms with van der Waals surface area (Å²) < 4.78 is 0. The number of hydrogen-bond donors (Lipinski definition) is 4. The number of aromatic nitrogens is 4. The summed E-state index contributed by atoms with van der Waals surface area (Å²) in [5, 5.41) is 11.8. The van der Waals surface area contributed by atoms with Gasteiger partial charge in [0.15, 0.2) is 0 Å². The summed E-state index contributed by atoms with van der Waals surface area (Å²) >= 11 is 0. The number of fused-ring (bicyclic) bond motifs is 4. The van der Waals surface area contributed by atoms with E-state index in [1.807, 2.05) is 18.6 Å². The van der Waals surface area contributed by atoms with E-state index < -0.39 is 0 Å². The van der Waals surface area contributed by atoms with Crippen LogP contribution in [0.15, 0.2) is 78.1 Å². The molecule has 0 atom stereocenters. The Balaban J connectivity index is 1.69. The number of nitrogens with zero attached hydrogens (tertiary/aromatic N) is 1. The molecule has 6 aromatic rings. The van der Waals surface area contributed by atoms with E-state index in [9.17, 15) is 4.79 Å². The highest BCUT2D eigenvalue weighted by Gasteiger charge is 2.15. The summed E-state index contributed by atoms with van der Waals surface area (Å²) in [5.74, 6) is 0. The van der Waals surface area contributed by atoms with Crippen LogP contribution in [0.1, 0.15) is 12.0 Å². The second-order valence-electron chi connectivity index (χ2n) is 8.41. The van der Waals surface area contributed by atoms with Crippen LogP contribution in [0.2, 0.25) is 0 Å². The Bertz CT molecular complexity index is 1670.